The van der Waals surface area contributed by atoms with Gasteiger partial charge < -0.3 is 4.74 Å². The summed E-state index contributed by atoms with van der Waals surface area (Å²) in [6.45, 7) is 4.03. The molecule has 0 fully saturated rings. The number of benzene rings is 1. The Kier molecular flexibility index (Phi) is 9.66. The van der Waals surface area contributed by atoms with E-state index in [1.807, 2.05) is 6.92 Å². The van der Waals surface area contributed by atoms with Crippen molar-refractivity contribution >= 4 is 5.97 Å². The van der Waals surface area contributed by atoms with Crippen LogP contribution in [0.2, 0.25) is 0 Å². The van der Waals surface area contributed by atoms with E-state index in [2.05, 4.69) is 6.92 Å². The number of carbonyl (C=O) groups excluding carboxylic acids is 1. The maximum atomic E-state index is 13.3. The predicted octanol–water partition coefficient (Wildman–Crippen LogP) is 6.92. The molecule has 0 saturated carbocycles. The van der Waals surface area contributed by atoms with Gasteiger partial charge in [0.1, 0.15) is 11.9 Å². The second-order valence-corrected chi connectivity index (χ2v) is 6.54. The van der Waals surface area contributed by atoms with Crippen LogP contribution in [0.4, 0.5) is 17.6 Å². The van der Waals surface area contributed by atoms with Crippen molar-refractivity contribution in [2.75, 3.05) is 0 Å². The molecule has 0 radical (unpaired) electrons. The van der Waals surface area contributed by atoms with Crippen molar-refractivity contribution in [1.82, 2.24) is 0 Å². The molecule has 0 spiro atoms. The third-order valence-electron chi connectivity index (χ3n) is 4.37. The summed E-state index contributed by atoms with van der Waals surface area (Å²) < 4.78 is 56.8. The van der Waals surface area contributed by atoms with Gasteiger partial charge in [-0.3, -0.25) is 0 Å². The maximum absolute atomic E-state index is 13.3. The van der Waals surface area contributed by atoms with Gasteiger partial charge in [-0.15, -0.1) is 0 Å². The fraction of sp³-hybridized carbons (Fsp3) is 0.650. The molecule has 1 aromatic carbocycles. The first-order chi connectivity index (χ1) is 12.3. The van der Waals surface area contributed by atoms with Crippen LogP contribution in [0.15, 0.2) is 18.2 Å². The summed E-state index contributed by atoms with van der Waals surface area (Å²) in [4.78, 5) is 12.1. The monoisotopic (exact) mass is 376 g/mol. The zero-order valence-corrected chi connectivity index (χ0v) is 15.5. The minimum Gasteiger partial charge on any atom is -0.459 e. The molecule has 26 heavy (non-hydrogen) atoms. The topological polar surface area (TPSA) is 26.3 Å². The predicted molar refractivity (Wildman–Crippen MR) is 93.5 cm³/mol. The van der Waals surface area contributed by atoms with Crippen molar-refractivity contribution in [1.29, 1.82) is 0 Å². The lowest BCUT2D eigenvalue weighted by Gasteiger charge is -2.17. The summed E-state index contributed by atoms with van der Waals surface area (Å²) in [6, 6.07) is 2.18. The normalized spacial score (nSPS) is 12.8. The smallest absolute Gasteiger partial charge is 0.419 e. The minimum absolute atomic E-state index is 0.281. The van der Waals surface area contributed by atoms with Gasteiger partial charge in [-0.25, -0.2) is 9.18 Å². The SMILES string of the molecule is CCCCCCCCCC(CC)OC(=O)c1ccc(F)c(C(F)(F)F)c1. The highest BCUT2D eigenvalue weighted by Gasteiger charge is 2.35. The van der Waals surface area contributed by atoms with Gasteiger partial charge in [-0.05, 0) is 37.5 Å². The standard InChI is InChI=1S/C20H28F4O2/c1-3-5-6-7-8-9-10-11-16(4-2)26-19(25)15-12-13-18(21)17(14-15)20(22,23)24/h12-14,16H,3-11H2,1-2H3. The van der Waals surface area contributed by atoms with Gasteiger partial charge in [0.25, 0.3) is 0 Å². The van der Waals surface area contributed by atoms with Gasteiger partial charge in [0.15, 0.2) is 0 Å². The number of halogens is 4. The molecule has 1 rings (SSSR count). The molecule has 1 unspecified atom stereocenters. The van der Waals surface area contributed by atoms with E-state index in [-0.39, 0.29) is 11.7 Å². The fourth-order valence-corrected chi connectivity index (χ4v) is 2.76. The van der Waals surface area contributed by atoms with Crippen LogP contribution < -0.4 is 0 Å². The first-order valence-corrected chi connectivity index (χ1v) is 9.37. The number of hydrogen-bond acceptors (Lipinski definition) is 2. The van der Waals surface area contributed by atoms with Crippen LogP contribution in [0.3, 0.4) is 0 Å². The third-order valence-corrected chi connectivity index (χ3v) is 4.37. The average Bonchev–Trinajstić information content (AvgIpc) is 2.59. The molecule has 0 N–H and O–H groups in total. The van der Waals surface area contributed by atoms with Crippen LogP contribution in [0.1, 0.15) is 87.6 Å². The van der Waals surface area contributed by atoms with Crippen LogP contribution in [0.25, 0.3) is 0 Å². The molecule has 148 valence electrons. The number of rotatable bonds is 11. The molecule has 1 aromatic rings. The largest absolute Gasteiger partial charge is 0.459 e. The number of hydrogen-bond donors (Lipinski definition) is 0. The summed E-state index contributed by atoms with van der Waals surface area (Å²) >= 11 is 0. The molecule has 0 aliphatic heterocycles. The molecule has 0 aliphatic carbocycles. The number of alkyl halides is 3. The Morgan fingerprint density at radius 1 is 1.04 bits per heavy atom. The van der Waals surface area contributed by atoms with Crippen LogP contribution in [-0.4, -0.2) is 12.1 Å². The van der Waals surface area contributed by atoms with Crippen LogP contribution in [0.5, 0.6) is 0 Å². The van der Waals surface area contributed by atoms with E-state index in [0.29, 0.717) is 25.0 Å². The summed E-state index contributed by atoms with van der Waals surface area (Å²) in [5, 5.41) is 0. The Bertz CT molecular complexity index is 555. The Balaban J connectivity index is 2.51. The third kappa shape index (κ3) is 7.75. The van der Waals surface area contributed by atoms with Gasteiger partial charge >= 0.3 is 12.1 Å². The quantitative estimate of drug-likeness (QED) is 0.238. The van der Waals surface area contributed by atoms with Crippen molar-refractivity contribution in [2.24, 2.45) is 0 Å². The first kappa shape index (κ1) is 22.5. The summed E-state index contributed by atoms with van der Waals surface area (Å²) in [6.07, 6.45) is 4.06. The van der Waals surface area contributed by atoms with E-state index in [0.717, 1.165) is 25.3 Å². The van der Waals surface area contributed by atoms with Crippen molar-refractivity contribution in [3.8, 4) is 0 Å². The Morgan fingerprint density at radius 3 is 2.23 bits per heavy atom. The van der Waals surface area contributed by atoms with Gasteiger partial charge in [-0.2, -0.15) is 13.2 Å². The molecule has 0 bridgehead atoms. The molecule has 0 saturated heterocycles. The highest BCUT2D eigenvalue weighted by atomic mass is 19.4. The van der Waals surface area contributed by atoms with E-state index in [1.165, 1.54) is 25.7 Å². The lowest BCUT2D eigenvalue weighted by Crippen LogP contribution is -2.18. The summed E-state index contributed by atoms with van der Waals surface area (Å²) in [5.74, 6) is -2.24. The molecule has 0 aliphatic rings. The van der Waals surface area contributed by atoms with Crippen molar-refractivity contribution in [3.63, 3.8) is 0 Å². The van der Waals surface area contributed by atoms with Crippen molar-refractivity contribution in [3.05, 3.63) is 35.1 Å². The van der Waals surface area contributed by atoms with Crippen molar-refractivity contribution in [2.45, 2.75) is 83.9 Å². The maximum Gasteiger partial charge on any atom is 0.419 e. The van der Waals surface area contributed by atoms with Crippen molar-refractivity contribution < 1.29 is 27.1 Å². The van der Waals surface area contributed by atoms with E-state index in [9.17, 15) is 22.4 Å². The zero-order chi connectivity index (χ0) is 19.6. The molecule has 0 heterocycles. The molecular formula is C20H28F4O2. The number of ether oxygens (including phenoxy) is 1. The highest BCUT2D eigenvalue weighted by molar-refractivity contribution is 5.89. The zero-order valence-electron chi connectivity index (χ0n) is 15.5. The lowest BCUT2D eigenvalue weighted by atomic mass is 10.0. The molecule has 2 nitrogen and oxygen atoms in total. The van der Waals surface area contributed by atoms with Gasteiger partial charge in [0.2, 0.25) is 0 Å². The number of unbranched alkanes of at least 4 members (excludes halogenated alkanes) is 6. The molecular weight excluding hydrogens is 348 g/mol. The first-order valence-electron chi connectivity index (χ1n) is 9.37. The average molecular weight is 376 g/mol. The Hall–Kier alpha value is -1.59. The van der Waals surface area contributed by atoms with Gasteiger partial charge in [0.05, 0.1) is 11.1 Å². The molecule has 1 atom stereocenters. The van der Waals surface area contributed by atoms with E-state index < -0.39 is 23.5 Å². The van der Waals surface area contributed by atoms with Gasteiger partial charge in [0, 0.05) is 0 Å². The minimum atomic E-state index is -4.84. The second kappa shape index (κ2) is 11.2. The van der Waals surface area contributed by atoms with Crippen LogP contribution in [0, 0.1) is 5.82 Å². The second-order valence-electron chi connectivity index (χ2n) is 6.54. The van der Waals surface area contributed by atoms with E-state index in [4.69, 9.17) is 4.74 Å². The fourth-order valence-electron chi connectivity index (χ4n) is 2.76. The van der Waals surface area contributed by atoms with E-state index >= 15 is 0 Å². The highest BCUT2D eigenvalue weighted by Crippen LogP contribution is 2.32. The molecule has 0 aromatic heterocycles. The summed E-state index contributed by atoms with van der Waals surface area (Å²) in [5.41, 5.74) is -1.73. The Morgan fingerprint density at radius 2 is 1.65 bits per heavy atom. The molecule has 6 heteroatoms. The number of esters is 1. The summed E-state index contributed by atoms with van der Waals surface area (Å²) in [7, 11) is 0. The lowest BCUT2D eigenvalue weighted by molar-refractivity contribution is -0.140. The Labute approximate surface area is 152 Å². The number of carbonyl (C=O) groups is 1. The van der Waals surface area contributed by atoms with E-state index in [1.54, 1.807) is 0 Å². The van der Waals surface area contributed by atoms with Crippen LogP contribution in [-0.2, 0) is 10.9 Å². The van der Waals surface area contributed by atoms with Crippen LogP contribution >= 0.6 is 0 Å². The molecule has 0 amide bonds. The van der Waals surface area contributed by atoms with Gasteiger partial charge in [-0.1, -0.05) is 52.4 Å².